The van der Waals surface area contributed by atoms with E-state index in [1.54, 1.807) is 18.4 Å². The van der Waals surface area contributed by atoms with E-state index in [1.807, 2.05) is 47.4 Å². The fourth-order valence-corrected chi connectivity index (χ4v) is 4.72. The quantitative estimate of drug-likeness (QED) is 0.549. The lowest BCUT2D eigenvalue weighted by molar-refractivity contribution is -0.131. The summed E-state index contributed by atoms with van der Waals surface area (Å²) in [6, 6.07) is 18.3. The van der Waals surface area contributed by atoms with Gasteiger partial charge in [-0.05, 0) is 30.5 Å². The monoisotopic (exact) mass is 435 g/mol. The summed E-state index contributed by atoms with van der Waals surface area (Å²) >= 11 is 1.70. The van der Waals surface area contributed by atoms with Gasteiger partial charge in [0, 0.05) is 50.1 Å². The number of carbonyl (C=O) groups is 1. The molecule has 0 aliphatic carbocycles. The van der Waals surface area contributed by atoms with Crippen molar-refractivity contribution in [1.82, 2.24) is 14.8 Å². The van der Waals surface area contributed by atoms with Crippen LogP contribution in [-0.4, -0.2) is 54.0 Å². The van der Waals surface area contributed by atoms with Crippen molar-refractivity contribution in [2.24, 2.45) is 0 Å². The van der Waals surface area contributed by atoms with Gasteiger partial charge in [0.25, 0.3) is 0 Å². The van der Waals surface area contributed by atoms with Gasteiger partial charge >= 0.3 is 0 Å². The number of thiazole rings is 1. The van der Waals surface area contributed by atoms with Gasteiger partial charge in [0.05, 0.1) is 12.8 Å². The van der Waals surface area contributed by atoms with Crippen molar-refractivity contribution in [3.63, 3.8) is 0 Å². The molecule has 6 heteroatoms. The highest BCUT2D eigenvalue weighted by atomic mass is 32.1. The van der Waals surface area contributed by atoms with Crippen LogP contribution in [0.25, 0.3) is 10.6 Å². The first kappa shape index (κ1) is 21.5. The van der Waals surface area contributed by atoms with E-state index in [2.05, 4.69) is 22.4 Å². The summed E-state index contributed by atoms with van der Waals surface area (Å²) < 4.78 is 5.20. The van der Waals surface area contributed by atoms with E-state index >= 15 is 0 Å². The second-order valence-corrected chi connectivity index (χ2v) is 8.73. The van der Waals surface area contributed by atoms with Gasteiger partial charge in [0.15, 0.2) is 0 Å². The van der Waals surface area contributed by atoms with Crippen LogP contribution in [0.15, 0.2) is 60.0 Å². The lowest BCUT2D eigenvalue weighted by atomic mass is 10.1. The Morgan fingerprint density at radius 2 is 1.84 bits per heavy atom. The van der Waals surface area contributed by atoms with Gasteiger partial charge in [-0.25, -0.2) is 4.98 Å². The minimum absolute atomic E-state index is 0.248. The normalized spacial score (nSPS) is 14.9. The van der Waals surface area contributed by atoms with Crippen molar-refractivity contribution in [2.45, 2.75) is 25.8 Å². The first-order valence-corrected chi connectivity index (χ1v) is 11.7. The number of nitrogens with zero attached hydrogens (tertiary/aromatic N) is 3. The Morgan fingerprint density at radius 3 is 2.61 bits per heavy atom. The molecular formula is C25H29N3O2S. The van der Waals surface area contributed by atoms with E-state index in [0.717, 1.165) is 62.0 Å². The summed E-state index contributed by atoms with van der Waals surface area (Å²) in [4.78, 5) is 22.0. The summed E-state index contributed by atoms with van der Waals surface area (Å²) in [6.07, 6.45) is 2.33. The van der Waals surface area contributed by atoms with Crippen LogP contribution in [0.3, 0.4) is 0 Å². The Kier molecular flexibility index (Phi) is 7.33. The fourth-order valence-electron chi connectivity index (χ4n) is 3.90. The highest BCUT2D eigenvalue weighted by molar-refractivity contribution is 7.13. The summed E-state index contributed by atoms with van der Waals surface area (Å²) in [5, 5.41) is 3.23. The first-order chi connectivity index (χ1) is 15.2. The van der Waals surface area contributed by atoms with Crippen molar-refractivity contribution in [3.8, 4) is 16.3 Å². The van der Waals surface area contributed by atoms with Gasteiger partial charge in [-0.3, -0.25) is 9.69 Å². The molecule has 1 aliphatic heterocycles. The molecule has 0 N–H and O–H groups in total. The Balaban J connectivity index is 1.26. The van der Waals surface area contributed by atoms with Gasteiger partial charge in [-0.15, -0.1) is 11.3 Å². The van der Waals surface area contributed by atoms with Crippen molar-refractivity contribution < 1.29 is 9.53 Å². The average Bonchev–Trinajstić information content (AvgIpc) is 3.16. The molecule has 1 amide bonds. The third-order valence-electron chi connectivity index (χ3n) is 5.69. The molecule has 1 aliphatic rings. The van der Waals surface area contributed by atoms with Crippen molar-refractivity contribution >= 4 is 17.2 Å². The highest BCUT2D eigenvalue weighted by Crippen LogP contribution is 2.24. The molecule has 0 atom stereocenters. The van der Waals surface area contributed by atoms with Crippen LogP contribution in [0.1, 0.15) is 24.1 Å². The van der Waals surface area contributed by atoms with E-state index in [-0.39, 0.29) is 5.91 Å². The summed E-state index contributed by atoms with van der Waals surface area (Å²) in [5.41, 5.74) is 3.45. The molecule has 1 aromatic heterocycles. The zero-order valence-corrected chi connectivity index (χ0v) is 18.8. The van der Waals surface area contributed by atoms with E-state index in [4.69, 9.17) is 9.72 Å². The predicted octanol–water partition coefficient (Wildman–Crippen LogP) is 4.49. The van der Waals surface area contributed by atoms with E-state index in [1.165, 1.54) is 11.1 Å². The van der Waals surface area contributed by atoms with Crippen LogP contribution in [0, 0.1) is 0 Å². The number of aryl methyl sites for hydroxylation is 1. The molecule has 5 nitrogen and oxygen atoms in total. The van der Waals surface area contributed by atoms with Gasteiger partial charge in [0.1, 0.15) is 10.8 Å². The maximum Gasteiger partial charge on any atom is 0.222 e. The number of carbonyl (C=O) groups excluding carboxylic acids is 1. The Labute approximate surface area is 188 Å². The van der Waals surface area contributed by atoms with E-state index in [0.29, 0.717) is 6.42 Å². The number of ether oxygens (including phenoxy) is 1. The van der Waals surface area contributed by atoms with Crippen molar-refractivity contribution in [3.05, 3.63) is 71.2 Å². The third kappa shape index (κ3) is 5.93. The minimum atomic E-state index is 0.248. The molecule has 0 spiro atoms. The first-order valence-electron chi connectivity index (χ1n) is 10.8. The molecule has 0 radical (unpaired) electrons. The summed E-state index contributed by atoms with van der Waals surface area (Å²) in [6.45, 7) is 4.37. The average molecular weight is 436 g/mol. The molecule has 1 fully saturated rings. The molecule has 31 heavy (non-hydrogen) atoms. The number of hydrogen-bond acceptors (Lipinski definition) is 5. The Bertz CT molecular complexity index is 972. The highest BCUT2D eigenvalue weighted by Gasteiger charge is 2.19. The van der Waals surface area contributed by atoms with Crippen LogP contribution in [0.4, 0.5) is 0 Å². The largest absolute Gasteiger partial charge is 0.497 e. The number of methoxy groups -OCH3 is 1. The SMILES string of the molecule is COc1ccc(CCC(=O)N2CCCN(Cc3csc(-c4ccccc4)n3)CC2)cc1. The van der Waals surface area contributed by atoms with Gasteiger partial charge in [-0.1, -0.05) is 42.5 Å². The lowest BCUT2D eigenvalue weighted by Gasteiger charge is -2.21. The lowest BCUT2D eigenvalue weighted by Crippen LogP contribution is -2.35. The number of hydrogen-bond donors (Lipinski definition) is 0. The van der Waals surface area contributed by atoms with Crippen LogP contribution in [0.5, 0.6) is 5.75 Å². The second kappa shape index (κ2) is 10.6. The minimum Gasteiger partial charge on any atom is -0.497 e. The van der Waals surface area contributed by atoms with Crippen LogP contribution >= 0.6 is 11.3 Å². The molecule has 1 saturated heterocycles. The molecule has 2 aromatic carbocycles. The molecule has 3 aromatic rings. The molecule has 4 rings (SSSR count). The van der Waals surface area contributed by atoms with Crippen LogP contribution in [-0.2, 0) is 17.8 Å². The zero-order chi connectivity index (χ0) is 21.5. The molecule has 162 valence electrons. The van der Waals surface area contributed by atoms with Crippen molar-refractivity contribution in [2.75, 3.05) is 33.3 Å². The third-order valence-corrected chi connectivity index (χ3v) is 6.63. The molecule has 0 saturated carbocycles. The van der Waals surface area contributed by atoms with Crippen LogP contribution in [0.2, 0.25) is 0 Å². The molecule has 0 bridgehead atoms. The maximum atomic E-state index is 12.7. The second-order valence-electron chi connectivity index (χ2n) is 7.87. The smallest absolute Gasteiger partial charge is 0.222 e. The molecular weight excluding hydrogens is 406 g/mol. The standard InChI is InChI=1S/C25H29N3O2S/c1-30-23-11-8-20(9-12-23)10-13-24(29)28-15-5-14-27(16-17-28)18-22-19-31-25(26-22)21-6-3-2-4-7-21/h2-4,6-9,11-12,19H,5,10,13-18H2,1H3. The Morgan fingerprint density at radius 1 is 1.03 bits per heavy atom. The van der Waals surface area contributed by atoms with Crippen LogP contribution < -0.4 is 4.74 Å². The predicted molar refractivity (Wildman–Crippen MR) is 125 cm³/mol. The van der Waals surface area contributed by atoms with Gasteiger partial charge < -0.3 is 9.64 Å². The fraction of sp³-hybridized carbons (Fsp3) is 0.360. The maximum absolute atomic E-state index is 12.7. The number of aromatic nitrogens is 1. The topological polar surface area (TPSA) is 45.7 Å². The number of rotatable bonds is 7. The Hall–Kier alpha value is -2.70. The number of benzene rings is 2. The summed E-state index contributed by atoms with van der Waals surface area (Å²) in [7, 11) is 1.66. The number of amides is 1. The van der Waals surface area contributed by atoms with Gasteiger partial charge in [-0.2, -0.15) is 0 Å². The molecule has 2 heterocycles. The van der Waals surface area contributed by atoms with E-state index in [9.17, 15) is 4.79 Å². The van der Waals surface area contributed by atoms with E-state index < -0.39 is 0 Å². The molecule has 0 unspecified atom stereocenters. The van der Waals surface area contributed by atoms with Crippen molar-refractivity contribution in [1.29, 1.82) is 0 Å². The zero-order valence-electron chi connectivity index (χ0n) is 18.0. The summed E-state index contributed by atoms with van der Waals surface area (Å²) in [5.74, 6) is 1.09. The van der Waals surface area contributed by atoms with Gasteiger partial charge in [0.2, 0.25) is 5.91 Å².